The van der Waals surface area contributed by atoms with Crippen molar-refractivity contribution in [1.82, 2.24) is 15.0 Å². The van der Waals surface area contributed by atoms with E-state index in [-0.39, 0.29) is 0 Å². The zero-order chi connectivity index (χ0) is 12.1. The van der Waals surface area contributed by atoms with Gasteiger partial charge in [-0.15, -0.1) is 0 Å². The van der Waals surface area contributed by atoms with E-state index in [1.807, 2.05) is 30.4 Å². The summed E-state index contributed by atoms with van der Waals surface area (Å²) in [6.45, 7) is 0.639. The highest BCUT2D eigenvalue weighted by molar-refractivity contribution is 5.60. The third-order valence-electron chi connectivity index (χ3n) is 2.47. The number of nitrogens with zero attached hydrogens (tertiary/aromatic N) is 4. The standard InChI is InChI=1S/C12H13N5/c1-17(6-2-4-13)12-15-8-11(9-16-12)10-3-5-14-7-10/h3,5,7-9,14H,2,6H2,1H3. The van der Waals surface area contributed by atoms with Crippen molar-refractivity contribution < 1.29 is 0 Å². The molecular formula is C12H13N5. The quantitative estimate of drug-likeness (QED) is 0.865. The highest BCUT2D eigenvalue weighted by Gasteiger charge is 2.04. The lowest BCUT2D eigenvalue weighted by Gasteiger charge is -2.14. The molecule has 0 aliphatic carbocycles. The molecule has 0 saturated heterocycles. The molecule has 2 aromatic rings. The Kier molecular flexibility index (Phi) is 3.36. The van der Waals surface area contributed by atoms with Crippen molar-refractivity contribution in [2.75, 3.05) is 18.5 Å². The molecule has 0 radical (unpaired) electrons. The Bertz CT molecular complexity index is 495. The van der Waals surface area contributed by atoms with E-state index in [1.54, 1.807) is 12.4 Å². The molecule has 1 N–H and O–H groups in total. The molecule has 2 heterocycles. The van der Waals surface area contributed by atoms with Crippen molar-refractivity contribution in [1.29, 1.82) is 5.26 Å². The molecule has 2 aromatic heterocycles. The van der Waals surface area contributed by atoms with Crippen LogP contribution in [0.2, 0.25) is 0 Å². The van der Waals surface area contributed by atoms with Gasteiger partial charge in [-0.3, -0.25) is 0 Å². The van der Waals surface area contributed by atoms with E-state index in [4.69, 9.17) is 5.26 Å². The van der Waals surface area contributed by atoms with Crippen LogP contribution in [-0.4, -0.2) is 28.5 Å². The van der Waals surface area contributed by atoms with Gasteiger partial charge in [-0.2, -0.15) is 5.26 Å². The molecule has 0 spiro atoms. The number of nitriles is 1. The molecule has 86 valence electrons. The maximum Gasteiger partial charge on any atom is 0.225 e. The van der Waals surface area contributed by atoms with Crippen molar-refractivity contribution in [3.63, 3.8) is 0 Å². The predicted octanol–water partition coefficient (Wildman–Crippen LogP) is 1.82. The summed E-state index contributed by atoms with van der Waals surface area (Å²) in [6.07, 6.45) is 7.81. The fourth-order valence-electron chi connectivity index (χ4n) is 1.49. The molecule has 0 aliphatic rings. The molecule has 0 saturated carbocycles. The van der Waals surface area contributed by atoms with Gasteiger partial charge in [0.25, 0.3) is 0 Å². The average molecular weight is 227 g/mol. The molecule has 2 rings (SSSR count). The predicted molar refractivity (Wildman–Crippen MR) is 65.3 cm³/mol. The van der Waals surface area contributed by atoms with E-state index in [2.05, 4.69) is 21.0 Å². The summed E-state index contributed by atoms with van der Waals surface area (Å²) in [5.41, 5.74) is 2.04. The number of aromatic nitrogens is 3. The van der Waals surface area contributed by atoms with Crippen LogP contribution in [0.1, 0.15) is 6.42 Å². The topological polar surface area (TPSA) is 68.6 Å². The number of anilines is 1. The molecular weight excluding hydrogens is 214 g/mol. The third-order valence-corrected chi connectivity index (χ3v) is 2.47. The molecule has 0 aliphatic heterocycles. The number of hydrogen-bond donors (Lipinski definition) is 1. The summed E-state index contributed by atoms with van der Waals surface area (Å²) < 4.78 is 0. The second-order valence-electron chi connectivity index (χ2n) is 3.70. The Morgan fingerprint density at radius 3 is 2.71 bits per heavy atom. The van der Waals surface area contributed by atoms with Gasteiger partial charge in [-0.25, -0.2) is 9.97 Å². The zero-order valence-electron chi connectivity index (χ0n) is 9.59. The number of rotatable bonds is 4. The van der Waals surface area contributed by atoms with Crippen molar-refractivity contribution in [3.05, 3.63) is 30.9 Å². The Morgan fingerprint density at radius 1 is 1.35 bits per heavy atom. The molecule has 0 amide bonds. The van der Waals surface area contributed by atoms with Gasteiger partial charge in [0.05, 0.1) is 12.5 Å². The molecule has 5 heteroatoms. The first-order chi connectivity index (χ1) is 8.31. The van der Waals surface area contributed by atoms with E-state index in [0.717, 1.165) is 11.1 Å². The lowest BCUT2D eigenvalue weighted by molar-refractivity contribution is 0.859. The van der Waals surface area contributed by atoms with Gasteiger partial charge >= 0.3 is 0 Å². The van der Waals surface area contributed by atoms with Crippen LogP contribution in [0, 0.1) is 11.3 Å². The van der Waals surface area contributed by atoms with Gasteiger partial charge in [0.15, 0.2) is 0 Å². The molecule has 0 fully saturated rings. The zero-order valence-corrected chi connectivity index (χ0v) is 9.59. The normalized spacial score (nSPS) is 9.88. The highest BCUT2D eigenvalue weighted by atomic mass is 15.2. The van der Waals surface area contributed by atoms with E-state index in [9.17, 15) is 0 Å². The van der Waals surface area contributed by atoms with Crippen molar-refractivity contribution in [2.45, 2.75) is 6.42 Å². The van der Waals surface area contributed by atoms with Crippen molar-refractivity contribution in [2.24, 2.45) is 0 Å². The Morgan fingerprint density at radius 2 is 2.12 bits per heavy atom. The van der Waals surface area contributed by atoms with Gasteiger partial charge in [0.1, 0.15) is 0 Å². The lowest BCUT2D eigenvalue weighted by Crippen LogP contribution is -2.20. The monoisotopic (exact) mass is 227 g/mol. The number of aromatic amines is 1. The first-order valence-corrected chi connectivity index (χ1v) is 5.34. The van der Waals surface area contributed by atoms with Gasteiger partial charge < -0.3 is 9.88 Å². The molecule has 0 atom stereocenters. The van der Waals surface area contributed by atoms with Crippen LogP contribution < -0.4 is 4.90 Å². The van der Waals surface area contributed by atoms with Gasteiger partial charge in [0, 0.05) is 49.5 Å². The molecule has 5 nitrogen and oxygen atoms in total. The Labute approximate surface area is 99.7 Å². The van der Waals surface area contributed by atoms with E-state index >= 15 is 0 Å². The summed E-state index contributed by atoms with van der Waals surface area (Å²) in [7, 11) is 1.88. The maximum absolute atomic E-state index is 8.51. The SMILES string of the molecule is CN(CCC#N)c1ncc(-c2cc[nH]c2)cn1. The van der Waals surface area contributed by atoms with Crippen LogP contribution in [0.5, 0.6) is 0 Å². The summed E-state index contributed by atoms with van der Waals surface area (Å²) in [5, 5.41) is 8.51. The van der Waals surface area contributed by atoms with Crippen molar-refractivity contribution in [3.8, 4) is 17.2 Å². The Balaban J connectivity index is 2.11. The number of nitrogens with one attached hydrogen (secondary N) is 1. The largest absolute Gasteiger partial charge is 0.367 e. The molecule has 17 heavy (non-hydrogen) atoms. The van der Waals surface area contributed by atoms with E-state index < -0.39 is 0 Å². The van der Waals surface area contributed by atoms with Crippen LogP contribution in [0.25, 0.3) is 11.1 Å². The fraction of sp³-hybridized carbons (Fsp3) is 0.250. The van der Waals surface area contributed by atoms with Crippen LogP contribution in [-0.2, 0) is 0 Å². The van der Waals surface area contributed by atoms with E-state index in [0.29, 0.717) is 18.9 Å². The second kappa shape index (κ2) is 5.12. The second-order valence-corrected chi connectivity index (χ2v) is 3.70. The minimum atomic E-state index is 0.472. The first kappa shape index (κ1) is 11.1. The smallest absolute Gasteiger partial charge is 0.225 e. The van der Waals surface area contributed by atoms with Crippen LogP contribution in [0.15, 0.2) is 30.9 Å². The molecule has 0 aromatic carbocycles. The van der Waals surface area contributed by atoms with Gasteiger partial charge in [0.2, 0.25) is 5.95 Å². The summed E-state index contributed by atoms with van der Waals surface area (Å²) in [5.74, 6) is 0.638. The average Bonchev–Trinajstić information content (AvgIpc) is 2.90. The molecule has 0 bridgehead atoms. The summed E-state index contributed by atoms with van der Waals surface area (Å²) in [4.78, 5) is 13.4. The molecule has 0 unspecified atom stereocenters. The maximum atomic E-state index is 8.51. The minimum absolute atomic E-state index is 0.472. The lowest BCUT2D eigenvalue weighted by atomic mass is 10.2. The third kappa shape index (κ3) is 2.61. The van der Waals surface area contributed by atoms with Crippen LogP contribution in [0.3, 0.4) is 0 Å². The minimum Gasteiger partial charge on any atom is -0.367 e. The summed E-state index contributed by atoms with van der Waals surface area (Å²) >= 11 is 0. The number of hydrogen-bond acceptors (Lipinski definition) is 4. The van der Waals surface area contributed by atoms with E-state index in [1.165, 1.54) is 0 Å². The van der Waals surface area contributed by atoms with Crippen molar-refractivity contribution >= 4 is 5.95 Å². The van der Waals surface area contributed by atoms with Gasteiger partial charge in [-0.05, 0) is 6.07 Å². The van der Waals surface area contributed by atoms with Gasteiger partial charge in [-0.1, -0.05) is 0 Å². The highest BCUT2D eigenvalue weighted by Crippen LogP contribution is 2.17. The fourth-order valence-corrected chi connectivity index (χ4v) is 1.49. The summed E-state index contributed by atoms with van der Waals surface area (Å²) in [6, 6.07) is 4.07. The van der Waals surface area contributed by atoms with Crippen LogP contribution in [0.4, 0.5) is 5.95 Å². The number of H-pyrrole nitrogens is 1. The van der Waals surface area contributed by atoms with Crippen LogP contribution >= 0.6 is 0 Å². The first-order valence-electron chi connectivity index (χ1n) is 5.34. The Hall–Kier alpha value is -2.35.